The first-order valence-corrected chi connectivity index (χ1v) is 8.54. The molecule has 2 N–H and O–H groups in total. The van der Waals surface area contributed by atoms with E-state index in [0.717, 1.165) is 27.4 Å². The third kappa shape index (κ3) is 3.22. The molecule has 0 fully saturated rings. The lowest BCUT2D eigenvalue weighted by molar-refractivity contribution is 0.0956. The first kappa shape index (κ1) is 16.7. The van der Waals surface area contributed by atoms with E-state index in [4.69, 9.17) is 0 Å². The van der Waals surface area contributed by atoms with Gasteiger partial charge in [0.25, 0.3) is 5.91 Å². The number of phenolic OH excluding ortho intramolecular Hbond substituents is 1. The standard InChI is InChI=1S/C22H17N3O2/c1-14-12-18(17-8-4-5-9-20(17)24-14)22(27)25-23-13-19-16-7-3-2-6-15(16)10-11-21(19)26/h2-13,26H,1H3,(H,25,27). The number of benzene rings is 3. The maximum absolute atomic E-state index is 12.6. The van der Waals surface area contributed by atoms with Crippen LogP contribution in [0.5, 0.6) is 5.75 Å². The highest BCUT2D eigenvalue weighted by atomic mass is 16.3. The minimum absolute atomic E-state index is 0.108. The zero-order chi connectivity index (χ0) is 18.8. The van der Waals surface area contributed by atoms with Crippen LogP contribution in [-0.4, -0.2) is 22.2 Å². The van der Waals surface area contributed by atoms with Crippen molar-refractivity contribution < 1.29 is 9.90 Å². The summed E-state index contributed by atoms with van der Waals surface area (Å²) in [5, 5.41) is 16.8. The molecule has 4 rings (SSSR count). The normalized spacial score (nSPS) is 11.3. The molecule has 0 aliphatic rings. The molecule has 1 heterocycles. The van der Waals surface area contributed by atoms with Crippen LogP contribution in [0, 0.1) is 6.92 Å². The van der Waals surface area contributed by atoms with Crippen molar-refractivity contribution in [3.8, 4) is 5.75 Å². The van der Waals surface area contributed by atoms with Crippen LogP contribution in [0.2, 0.25) is 0 Å². The van der Waals surface area contributed by atoms with Gasteiger partial charge < -0.3 is 5.11 Å². The molecule has 5 heteroatoms. The summed E-state index contributed by atoms with van der Waals surface area (Å²) in [6, 6.07) is 20.4. The molecule has 132 valence electrons. The molecule has 0 unspecified atom stereocenters. The summed E-state index contributed by atoms with van der Waals surface area (Å²) < 4.78 is 0. The summed E-state index contributed by atoms with van der Waals surface area (Å²) in [6.45, 7) is 1.85. The fourth-order valence-electron chi connectivity index (χ4n) is 3.13. The highest BCUT2D eigenvalue weighted by molar-refractivity contribution is 6.07. The number of amides is 1. The summed E-state index contributed by atoms with van der Waals surface area (Å²) in [7, 11) is 0. The topological polar surface area (TPSA) is 74.6 Å². The third-order valence-electron chi connectivity index (χ3n) is 4.40. The molecule has 0 saturated heterocycles. The van der Waals surface area contributed by atoms with Gasteiger partial charge in [0.1, 0.15) is 5.75 Å². The number of aromatic hydroxyl groups is 1. The average Bonchev–Trinajstić information content (AvgIpc) is 2.68. The van der Waals surface area contributed by atoms with Crippen molar-refractivity contribution in [3.63, 3.8) is 0 Å². The van der Waals surface area contributed by atoms with Gasteiger partial charge in [0.2, 0.25) is 0 Å². The number of aryl methyl sites for hydroxylation is 1. The molecule has 5 nitrogen and oxygen atoms in total. The maximum Gasteiger partial charge on any atom is 0.272 e. The van der Waals surface area contributed by atoms with Crippen LogP contribution in [0.25, 0.3) is 21.7 Å². The molecule has 0 radical (unpaired) electrons. The molecule has 0 bridgehead atoms. The Kier molecular flexibility index (Phi) is 4.26. The van der Waals surface area contributed by atoms with Crippen molar-refractivity contribution >= 4 is 33.8 Å². The lowest BCUT2D eigenvalue weighted by Gasteiger charge is -2.07. The van der Waals surface area contributed by atoms with Crippen molar-refractivity contribution in [1.29, 1.82) is 0 Å². The van der Waals surface area contributed by atoms with E-state index in [2.05, 4.69) is 15.5 Å². The molecule has 0 atom stereocenters. The molecule has 1 aromatic heterocycles. The number of carbonyl (C=O) groups is 1. The van der Waals surface area contributed by atoms with Gasteiger partial charge in [-0.2, -0.15) is 5.10 Å². The number of hydrogen-bond donors (Lipinski definition) is 2. The van der Waals surface area contributed by atoms with E-state index in [-0.39, 0.29) is 11.7 Å². The number of phenols is 1. The van der Waals surface area contributed by atoms with Crippen molar-refractivity contribution in [2.45, 2.75) is 6.92 Å². The van der Waals surface area contributed by atoms with Gasteiger partial charge in [-0.05, 0) is 35.9 Å². The molecule has 3 aromatic carbocycles. The maximum atomic E-state index is 12.6. The number of para-hydroxylation sites is 1. The predicted octanol–water partition coefficient (Wildman–Crippen LogP) is 4.17. The molecule has 0 saturated carbocycles. The smallest absolute Gasteiger partial charge is 0.272 e. The van der Waals surface area contributed by atoms with Gasteiger partial charge in [-0.3, -0.25) is 9.78 Å². The number of rotatable bonds is 3. The number of fused-ring (bicyclic) bond motifs is 2. The molecule has 0 spiro atoms. The first-order valence-electron chi connectivity index (χ1n) is 8.54. The van der Waals surface area contributed by atoms with Crippen LogP contribution in [0.3, 0.4) is 0 Å². The van der Waals surface area contributed by atoms with Crippen molar-refractivity contribution in [3.05, 3.63) is 83.6 Å². The van der Waals surface area contributed by atoms with Crippen LogP contribution in [-0.2, 0) is 0 Å². The molecule has 4 aromatic rings. The summed E-state index contributed by atoms with van der Waals surface area (Å²) in [4.78, 5) is 17.1. The Bertz CT molecular complexity index is 1200. The first-order chi connectivity index (χ1) is 13.1. The van der Waals surface area contributed by atoms with Crippen molar-refractivity contribution in [2.24, 2.45) is 5.10 Å². The largest absolute Gasteiger partial charge is 0.507 e. The number of hydrogen-bond acceptors (Lipinski definition) is 4. The highest BCUT2D eigenvalue weighted by Crippen LogP contribution is 2.25. The second-order valence-corrected chi connectivity index (χ2v) is 6.25. The predicted molar refractivity (Wildman–Crippen MR) is 107 cm³/mol. The van der Waals surface area contributed by atoms with Crippen molar-refractivity contribution in [1.82, 2.24) is 10.4 Å². The average molecular weight is 355 g/mol. The van der Waals surface area contributed by atoms with E-state index in [1.807, 2.05) is 61.5 Å². The summed E-state index contributed by atoms with van der Waals surface area (Å²) in [5.74, 6) is -0.218. The zero-order valence-corrected chi connectivity index (χ0v) is 14.7. The molecule has 0 aliphatic heterocycles. The molecule has 1 amide bonds. The quantitative estimate of drug-likeness (QED) is 0.428. The SMILES string of the molecule is Cc1cc(C(=O)NN=Cc2c(O)ccc3ccccc23)c2ccccc2n1. The molecular formula is C22H17N3O2. The molecule has 0 aliphatic carbocycles. The Hall–Kier alpha value is -3.73. The van der Waals surface area contributed by atoms with Gasteiger partial charge in [-0.15, -0.1) is 0 Å². The summed E-state index contributed by atoms with van der Waals surface area (Å²) >= 11 is 0. The minimum atomic E-state index is -0.326. The van der Waals surface area contributed by atoms with E-state index in [0.29, 0.717) is 11.1 Å². The van der Waals surface area contributed by atoms with Crippen LogP contribution in [0.1, 0.15) is 21.6 Å². The Morgan fingerprint density at radius 2 is 1.78 bits per heavy atom. The van der Waals surface area contributed by atoms with Gasteiger partial charge in [-0.1, -0.05) is 48.5 Å². The Morgan fingerprint density at radius 1 is 1.04 bits per heavy atom. The van der Waals surface area contributed by atoms with E-state index >= 15 is 0 Å². The second-order valence-electron chi connectivity index (χ2n) is 6.25. The number of aromatic nitrogens is 1. The second kappa shape index (κ2) is 6.88. The number of carbonyl (C=O) groups excluding carboxylic acids is 1. The van der Waals surface area contributed by atoms with Crippen LogP contribution < -0.4 is 5.43 Å². The Balaban J connectivity index is 1.65. The van der Waals surface area contributed by atoms with Crippen LogP contribution >= 0.6 is 0 Å². The van der Waals surface area contributed by atoms with Gasteiger partial charge in [0.05, 0.1) is 17.3 Å². The molecular weight excluding hydrogens is 338 g/mol. The number of nitrogens with zero attached hydrogens (tertiary/aromatic N) is 2. The van der Waals surface area contributed by atoms with E-state index < -0.39 is 0 Å². The number of hydrazone groups is 1. The lowest BCUT2D eigenvalue weighted by Crippen LogP contribution is -2.18. The Morgan fingerprint density at radius 3 is 2.63 bits per heavy atom. The van der Waals surface area contributed by atoms with Gasteiger partial charge in [0, 0.05) is 16.6 Å². The van der Waals surface area contributed by atoms with Crippen LogP contribution in [0.4, 0.5) is 0 Å². The fourth-order valence-corrected chi connectivity index (χ4v) is 3.13. The number of pyridine rings is 1. The van der Waals surface area contributed by atoms with E-state index in [1.54, 1.807) is 12.1 Å². The van der Waals surface area contributed by atoms with Gasteiger partial charge >= 0.3 is 0 Å². The van der Waals surface area contributed by atoms with E-state index in [1.165, 1.54) is 6.21 Å². The highest BCUT2D eigenvalue weighted by Gasteiger charge is 2.11. The zero-order valence-electron chi connectivity index (χ0n) is 14.7. The van der Waals surface area contributed by atoms with E-state index in [9.17, 15) is 9.90 Å². The van der Waals surface area contributed by atoms with Gasteiger partial charge in [-0.25, -0.2) is 5.43 Å². The Labute approximate surface area is 156 Å². The minimum Gasteiger partial charge on any atom is -0.507 e. The fraction of sp³-hybridized carbons (Fsp3) is 0.0455. The van der Waals surface area contributed by atoms with Gasteiger partial charge in [0.15, 0.2) is 0 Å². The monoisotopic (exact) mass is 355 g/mol. The van der Waals surface area contributed by atoms with Crippen molar-refractivity contribution in [2.75, 3.05) is 0 Å². The number of nitrogens with one attached hydrogen (secondary N) is 1. The third-order valence-corrected chi connectivity index (χ3v) is 4.40. The summed E-state index contributed by atoms with van der Waals surface area (Å²) in [5.41, 5.74) is 5.14. The summed E-state index contributed by atoms with van der Waals surface area (Å²) in [6.07, 6.45) is 1.46. The molecule has 27 heavy (non-hydrogen) atoms. The lowest BCUT2D eigenvalue weighted by atomic mass is 10.0. The van der Waals surface area contributed by atoms with Crippen LogP contribution in [0.15, 0.2) is 71.8 Å².